The fourth-order valence-corrected chi connectivity index (χ4v) is 0.789. The molecule has 0 radical (unpaired) electrons. The van der Waals surface area contributed by atoms with E-state index in [1.165, 1.54) is 17.3 Å². The highest BCUT2D eigenvalue weighted by molar-refractivity contribution is 5.80. The first-order valence-electron chi connectivity index (χ1n) is 3.63. The van der Waals surface area contributed by atoms with Gasteiger partial charge in [0.05, 0.1) is 0 Å². The number of benzene rings is 1. The standard InChI is InChI=1S/C6H4.C2H2F2N4/c1-2-5-4-6(5)3-1;3-7-2(8-4)6-1-5/h1-4H;(H2,6,7,8). The van der Waals surface area contributed by atoms with Crippen LogP contribution in [0, 0.1) is 11.5 Å². The van der Waals surface area contributed by atoms with E-state index < -0.39 is 5.96 Å². The van der Waals surface area contributed by atoms with Crippen LogP contribution >= 0.6 is 0 Å². The summed E-state index contributed by atoms with van der Waals surface area (Å²) in [6.07, 6.45) is 1.25. The summed E-state index contributed by atoms with van der Waals surface area (Å²) in [4.78, 5) is 0. The van der Waals surface area contributed by atoms with Crippen LogP contribution in [0.2, 0.25) is 0 Å². The normalized spacial score (nSPS) is 10.5. The molecule has 0 amide bonds. The Labute approximate surface area is 78.8 Å². The van der Waals surface area contributed by atoms with Crippen molar-refractivity contribution in [3.63, 3.8) is 0 Å². The van der Waals surface area contributed by atoms with Crippen molar-refractivity contribution in [3.05, 3.63) is 24.3 Å². The number of nitrogens with one attached hydrogen (secondary N) is 2. The highest BCUT2D eigenvalue weighted by Gasteiger charge is 2.06. The first kappa shape index (κ1) is 9.92. The molecule has 0 unspecified atom stereocenters. The molecular formula is C8H6F2N4. The molecule has 6 heteroatoms. The van der Waals surface area contributed by atoms with Crippen LogP contribution in [0.1, 0.15) is 0 Å². The summed E-state index contributed by atoms with van der Waals surface area (Å²) in [6, 6.07) is 8.48. The molecule has 0 bridgehead atoms. The van der Waals surface area contributed by atoms with E-state index >= 15 is 0 Å². The average molecular weight is 196 g/mol. The number of rotatable bonds is 0. The second-order valence-corrected chi connectivity index (χ2v) is 2.35. The third-order valence-electron chi connectivity index (χ3n) is 1.46. The number of guanidine groups is 1. The van der Waals surface area contributed by atoms with E-state index in [4.69, 9.17) is 5.26 Å². The maximum atomic E-state index is 11.0. The first-order chi connectivity index (χ1) is 6.81. The summed E-state index contributed by atoms with van der Waals surface area (Å²) in [7, 11) is 0. The molecule has 0 heterocycles. The Balaban J connectivity index is 0.000000143. The van der Waals surface area contributed by atoms with E-state index in [1.54, 1.807) is 10.5 Å². The SMILES string of the molecule is N#CNC(=NF)NF.c1cc2cc-2c1. The smallest absolute Gasteiger partial charge is 0.259 e. The van der Waals surface area contributed by atoms with Crippen molar-refractivity contribution in [2.45, 2.75) is 0 Å². The maximum absolute atomic E-state index is 11.0. The second-order valence-electron chi connectivity index (χ2n) is 2.35. The number of fused-ring (bicyclic) bond motifs is 1. The van der Waals surface area contributed by atoms with Gasteiger partial charge in [-0.2, -0.15) is 10.8 Å². The molecule has 0 spiro atoms. The molecule has 0 fully saturated rings. The molecule has 72 valence electrons. The van der Waals surface area contributed by atoms with E-state index in [2.05, 4.69) is 24.3 Å². The van der Waals surface area contributed by atoms with Gasteiger partial charge in [0.1, 0.15) is 0 Å². The van der Waals surface area contributed by atoms with E-state index in [0.29, 0.717) is 0 Å². The quantitative estimate of drug-likeness (QED) is 0.220. The predicted octanol–water partition coefficient (Wildman–Crippen LogP) is 1.44. The van der Waals surface area contributed by atoms with Crippen molar-refractivity contribution in [3.8, 4) is 17.3 Å². The molecule has 2 aliphatic carbocycles. The van der Waals surface area contributed by atoms with Crippen molar-refractivity contribution in [2.75, 3.05) is 0 Å². The van der Waals surface area contributed by atoms with Crippen LogP contribution in [0.3, 0.4) is 0 Å². The minimum atomic E-state index is -0.854. The Kier molecular flexibility index (Phi) is 3.38. The largest absolute Gasteiger partial charge is 0.268 e. The van der Waals surface area contributed by atoms with Crippen molar-refractivity contribution >= 4 is 5.96 Å². The summed E-state index contributed by atoms with van der Waals surface area (Å²) >= 11 is 0. The zero-order chi connectivity index (χ0) is 10.4. The van der Waals surface area contributed by atoms with Crippen molar-refractivity contribution in [1.29, 1.82) is 5.26 Å². The minimum Gasteiger partial charge on any atom is -0.259 e. The first-order valence-corrected chi connectivity index (χ1v) is 3.63. The second kappa shape index (κ2) is 4.77. The number of hydrogen-bond acceptors (Lipinski definition) is 2. The summed E-state index contributed by atoms with van der Waals surface area (Å²) in [6.45, 7) is 0. The lowest BCUT2D eigenvalue weighted by Crippen LogP contribution is -2.27. The molecular weight excluding hydrogens is 190 g/mol. The number of hydrogen-bond donors (Lipinski definition) is 2. The molecule has 0 atom stereocenters. The average Bonchev–Trinajstić information content (AvgIpc) is 2.83. The number of halogens is 2. The van der Waals surface area contributed by atoms with Gasteiger partial charge in [0.15, 0.2) is 6.19 Å². The Morgan fingerprint density at radius 3 is 2.21 bits per heavy atom. The zero-order valence-corrected chi connectivity index (χ0v) is 6.96. The lowest BCUT2D eigenvalue weighted by atomic mass is 10.6. The van der Waals surface area contributed by atoms with Gasteiger partial charge in [0.2, 0.25) is 0 Å². The molecule has 14 heavy (non-hydrogen) atoms. The molecule has 0 aromatic rings. The van der Waals surface area contributed by atoms with Crippen molar-refractivity contribution in [2.24, 2.45) is 5.21 Å². The fourth-order valence-electron chi connectivity index (χ4n) is 0.789. The highest BCUT2D eigenvalue weighted by Crippen LogP contribution is 2.32. The Hall–Kier alpha value is -2.16. The van der Waals surface area contributed by atoms with Crippen LogP contribution in [0.4, 0.5) is 8.96 Å². The molecule has 4 nitrogen and oxygen atoms in total. The van der Waals surface area contributed by atoms with Gasteiger partial charge in [0.25, 0.3) is 5.96 Å². The number of nitriles is 1. The van der Waals surface area contributed by atoms with Gasteiger partial charge in [-0.3, -0.25) is 5.32 Å². The van der Waals surface area contributed by atoms with Gasteiger partial charge >= 0.3 is 0 Å². The van der Waals surface area contributed by atoms with Gasteiger partial charge in [-0.25, -0.2) is 0 Å². The molecule has 0 aromatic heterocycles. The van der Waals surface area contributed by atoms with Crippen LogP contribution in [0.5, 0.6) is 0 Å². The van der Waals surface area contributed by atoms with E-state index in [9.17, 15) is 8.96 Å². The third-order valence-corrected chi connectivity index (χ3v) is 1.46. The summed E-state index contributed by atoms with van der Waals surface area (Å²) in [5.74, 6) is -0.854. The Bertz CT molecular complexity index is 366. The molecule has 2 rings (SSSR count). The molecule has 0 saturated carbocycles. The van der Waals surface area contributed by atoms with E-state index in [-0.39, 0.29) is 0 Å². The molecule has 0 saturated heterocycles. The zero-order valence-electron chi connectivity index (χ0n) is 6.96. The highest BCUT2D eigenvalue weighted by atomic mass is 19.2. The molecule has 0 aromatic carbocycles. The summed E-state index contributed by atoms with van der Waals surface area (Å²) in [5, 5.41) is 11.1. The Morgan fingerprint density at radius 1 is 1.43 bits per heavy atom. The number of nitrogens with zero attached hydrogens (tertiary/aromatic N) is 2. The predicted molar refractivity (Wildman–Crippen MR) is 47.0 cm³/mol. The van der Waals surface area contributed by atoms with Crippen LogP contribution in [0.25, 0.3) is 11.1 Å². The van der Waals surface area contributed by atoms with Crippen LogP contribution in [-0.4, -0.2) is 5.96 Å². The molecule has 2 aliphatic rings. The maximum Gasteiger partial charge on any atom is 0.268 e. The topological polar surface area (TPSA) is 60.2 Å². The Morgan fingerprint density at radius 2 is 2.07 bits per heavy atom. The summed E-state index contributed by atoms with van der Waals surface area (Å²) in [5.41, 5.74) is 3.65. The lowest BCUT2D eigenvalue weighted by Gasteiger charge is -1.89. The summed E-state index contributed by atoms with van der Waals surface area (Å²) < 4.78 is 21.9. The van der Waals surface area contributed by atoms with Gasteiger partial charge in [0, 0.05) is 0 Å². The van der Waals surface area contributed by atoms with Crippen LogP contribution in [0.15, 0.2) is 29.5 Å². The van der Waals surface area contributed by atoms with Crippen molar-refractivity contribution < 1.29 is 8.96 Å². The van der Waals surface area contributed by atoms with Gasteiger partial charge in [-0.15, -0.1) is 4.48 Å². The fraction of sp³-hybridized carbons (Fsp3) is 0. The molecule has 0 aliphatic heterocycles. The van der Waals surface area contributed by atoms with Gasteiger partial charge in [-0.05, 0) is 22.4 Å². The van der Waals surface area contributed by atoms with Crippen LogP contribution < -0.4 is 10.9 Å². The van der Waals surface area contributed by atoms with Crippen LogP contribution in [-0.2, 0) is 0 Å². The van der Waals surface area contributed by atoms with E-state index in [0.717, 1.165) is 5.54 Å². The van der Waals surface area contributed by atoms with Crippen molar-refractivity contribution in [1.82, 2.24) is 10.9 Å². The van der Waals surface area contributed by atoms with E-state index in [1.807, 2.05) is 0 Å². The monoisotopic (exact) mass is 196 g/mol. The van der Waals surface area contributed by atoms with Gasteiger partial charge < -0.3 is 0 Å². The minimum absolute atomic E-state index is 0.794. The molecule has 2 N–H and O–H groups in total. The van der Waals surface area contributed by atoms with Gasteiger partial charge in [-0.1, -0.05) is 22.7 Å². The third kappa shape index (κ3) is 2.71. The lowest BCUT2D eigenvalue weighted by molar-refractivity contribution is 0.411.